The van der Waals surface area contributed by atoms with Crippen LogP contribution in [0.4, 0.5) is 0 Å². The average Bonchev–Trinajstić information content (AvgIpc) is 3.21. The second-order valence-corrected chi connectivity index (χ2v) is 6.15. The molecule has 4 aromatic rings. The fourth-order valence-electron chi connectivity index (χ4n) is 2.33. The summed E-state index contributed by atoms with van der Waals surface area (Å²) < 4.78 is 12.7. The summed E-state index contributed by atoms with van der Waals surface area (Å²) in [5, 5.41) is 7.87. The molecule has 0 bridgehead atoms. The number of benzene rings is 1. The minimum atomic E-state index is -0.375. The van der Waals surface area contributed by atoms with Crippen LogP contribution >= 0.6 is 11.3 Å². The van der Waals surface area contributed by atoms with Crippen molar-refractivity contribution < 1.29 is 9.15 Å². The number of fused-ring (bicyclic) bond motifs is 1. The molecule has 24 heavy (non-hydrogen) atoms. The second-order valence-electron chi connectivity index (χ2n) is 5.29. The van der Waals surface area contributed by atoms with Crippen LogP contribution in [0.3, 0.4) is 0 Å². The Kier molecular flexibility index (Phi) is 3.62. The van der Waals surface area contributed by atoms with E-state index in [-0.39, 0.29) is 5.63 Å². The van der Waals surface area contributed by atoms with E-state index in [0.717, 1.165) is 21.7 Å². The smallest absolute Gasteiger partial charge is 0.336 e. The van der Waals surface area contributed by atoms with Gasteiger partial charge in [-0.05, 0) is 18.2 Å². The van der Waals surface area contributed by atoms with E-state index in [1.54, 1.807) is 34.3 Å². The van der Waals surface area contributed by atoms with E-state index in [0.29, 0.717) is 17.9 Å². The van der Waals surface area contributed by atoms with Gasteiger partial charge in [-0.3, -0.25) is 4.68 Å². The summed E-state index contributed by atoms with van der Waals surface area (Å²) >= 11 is 1.55. The van der Waals surface area contributed by atoms with Crippen LogP contribution in [0.5, 0.6) is 5.75 Å². The molecule has 0 amide bonds. The molecule has 0 saturated carbocycles. The van der Waals surface area contributed by atoms with Crippen LogP contribution in [0.25, 0.3) is 21.5 Å². The highest BCUT2D eigenvalue weighted by Crippen LogP contribution is 2.24. The van der Waals surface area contributed by atoms with Gasteiger partial charge in [0.2, 0.25) is 0 Å². The maximum atomic E-state index is 11.3. The van der Waals surface area contributed by atoms with Crippen molar-refractivity contribution in [1.82, 2.24) is 14.8 Å². The molecule has 0 unspecified atom stereocenters. The van der Waals surface area contributed by atoms with E-state index in [4.69, 9.17) is 9.15 Å². The highest BCUT2D eigenvalue weighted by atomic mass is 32.1. The van der Waals surface area contributed by atoms with Crippen molar-refractivity contribution in [2.24, 2.45) is 7.05 Å². The molecule has 0 aliphatic rings. The molecule has 1 aromatic carbocycles. The van der Waals surface area contributed by atoms with Crippen LogP contribution in [0, 0.1) is 0 Å². The van der Waals surface area contributed by atoms with Crippen molar-refractivity contribution in [3.05, 3.63) is 64.2 Å². The fraction of sp³-hybridized carbons (Fsp3) is 0.118. The number of rotatable bonds is 4. The Hall–Kier alpha value is -2.93. The van der Waals surface area contributed by atoms with Gasteiger partial charge in [0.25, 0.3) is 0 Å². The first-order valence-electron chi connectivity index (χ1n) is 7.27. The standard InChI is InChI=1S/C17H13N3O3S/c1-20-8-12(7-18-20)17-19-13(10-24-17)9-22-14-4-2-11-3-5-16(21)23-15(11)6-14/h2-8,10H,9H2,1H3. The molecule has 0 N–H and O–H groups in total. The van der Waals surface area contributed by atoms with Gasteiger partial charge in [-0.2, -0.15) is 5.10 Å². The van der Waals surface area contributed by atoms with Crippen LogP contribution in [0.1, 0.15) is 5.69 Å². The topological polar surface area (TPSA) is 70.2 Å². The van der Waals surface area contributed by atoms with Gasteiger partial charge < -0.3 is 9.15 Å². The maximum Gasteiger partial charge on any atom is 0.336 e. The molecule has 6 nitrogen and oxygen atoms in total. The fourth-order valence-corrected chi connectivity index (χ4v) is 3.11. The quantitative estimate of drug-likeness (QED) is 0.534. The van der Waals surface area contributed by atoms with E-state index >= 15 is 0 Å². The number of hydrogen-bond acceptors (Lipinski definition) is 6. The van der Waals surface area contributed by atoms with Gasteiger partial charge in [0.15, 0.2) is 0 Å². The third-order valence-electron chi connectivity index (χ3n) is 3.48. The van der Waals surface area contributed by atoms with Gasteiger partial charge in [-0.25, -0.2) is 9.78 Å². The lowest BCUT2D eigenvalue weighted by atomic mass is 10.2. The number of nitrogens with zero attached hydrogens (tertiary/aromatic N) is 3. The van der Waals surface area contributed by atoms with Gasteiger partial charge in [-0.15, -0.1) is 11.3 Å². The first kappa shape index (κ1) is 14.6. The van der Waals surface area contributed by atoms with Crippen LogP contribution < -0.4 is 10.4 Å². The monoisotopic (exact) mass is 339 g/mol. The molecule has 0 atom stereocenters. The number of ether oxygens (including phenoxy) is 1. The average molecular weight is 339 g/mol. The number of thiazole rings is 1. The molecule has 0 spiro atoms. The molecule has 3 heterocycles. The van der Waals surface area contributed by atoms with Crippen molar-refractivity contribution in [1.29, 1.82) is 0 Å². The predicted octanol–water partition coefficient (Wildman–Crippen LogP) is 3.23. The molecular weight excluding hydrogens is 326 g/mol. The Morgan fingerprint density at radius 1 is 1.29 bits per heavy atom. The van der Waals surface area contributed by atoms with Crippen molar-refractivity contribution in [2.45, 2.75) is 6.61 Å². The Morgan fingerprint density at radius 3 is 3.00 bits per heavy atom. The van der Waals surface area contributed by atoms with E-state index in [1.165, 1.54) is 6.07 Å². The van der Waals surface area contributed by atoms with Crippen LogP contribution in [-0.2, 0) is 13.7 Å². The Bertz CT molecular complexity index is 1060. The SMILES string of the molecule is Cn1cc(-c2nc(COc3ccc4ccc(=O)oc4c3)cs2)cn1. The molecule has 7 heteroatoms. The van der Waals surface area contributed by atoms with Gasteiger partial charge >= 0.3 is 5.63 Å². The van der Waals surface area contributed by atoms with Crippen molar-refractivity contribution in [3.8, 4) is 16.3 Å². The molecule has 120 valence electrons. The van der Waals surface area contributed by atoms with Crippen molar-refractivity contribution >= 4 is 22.3 Å². The van der Waals surface area contributed by atoms with E-state index in [9.17, 15) is 4.79 Å². The molecule has 4 rings (SSSR count). The number of hydrogen-bond donors (Lipinski definition) is 0. The second kappa shape index (κ2) is 5.93. The first-order valence-corrected chi connectivity index (χ1v) is 8.15. The zero-order valence-corrected chi connectivity index (χ0v) is 13.6. The summed E-state index contributed by atoms with van der Waals surface area (Å²) in [4.78, 5) is 15.8. The lowest BCUT2D eigenvalue weighted by Gasteiger charge is -2.04. The molecule has 0 aliphatic heterocycles. The molecule has 3 aromatic heterocycles. The predicted molar refractivity (Wildman–Crippen MR) is 91.1 cm³/mol. The summed E-state index contributed by atoms with van der Waals surface area (Å²) in [5.41, 5.74) is 1.96. The molecule has 0 fully saturated rings. The normalized spacial score (nSPS) is 11.0. The van der Waals surface area contributed by atoms with Gasteiger partial charge in [0, 0.05) is 41.7 Å². The highest BCUT2D eigenvalue weighted by molar-refractivity contribution is 7.13. The molecule has 0 aliphatic carbocycles. The van der Waals surface area contributed by atoms with Gasteiger partial charge in [0.05, 0.1) is 11.9 Å². The van der Waals surface area contributed by atoms with Crippen LogP contribution in [-0.4, -0.2) is 14.8 Å². The zero-order chi connectivity index (χ0) is 16.5. The summed E-state index contributed by atoms with van der Waals surface area (Å²) in [7, 11) is 1.87. The van der Waals surface area contributed by atoms with E-state index < -0.39 is 0 Å². The first-order chi connectivity index (χ1) is 11.7. The highest BCUT2D eigenvalue weighted by Gasteiger charge is 2.08. The van der Waals surface area contributed by atoms with Gasteiger partial charge in [0.1, 0.15) is 22.9 Å². The molecular formula is C17H13N3O3S. The Labute approximate surface area is 141 Å². The molecule has 0 radical (unpaired) electrons. The molecule has 0 saturated heterocycles. The largest absolute Gasteiger partial charge is 0.487 e. The van der Waals surface area contributed by atoms with Crippen LogP contribution in [0.15, 0.2) is 57.3 Å². The Balaban J connectivity index is 1.50. The third-order valence-corrected chi connectivity index (χ3v) is 4.43. The summed E-state index contributed by atoms with van der Waals surface area (Å²) in [6.45, 7) is 0.347. The maximum absolute atomic E-state index is 11.3. The number of aromatic nitrogens is 3. The summed E-state index contributed by atoms with van der Waals surface area (Å²) in [5.74, 6) is 0.632. The van der Waals surface area contributed by atoms with Gasteiger partial charge in [-0.1, -0.05) is 0 Å². The minimum Gasteiger partial charge on any atom is -0.487 e. The summed E-state index contributed by atoms with van der Waals surface area (Å²) in [6.07, 6.45) is 3.71. The van der Waals surface area contributed by atoms with Crippen molar-refractivity contribution in [2.75, 3.05) is 0 Å². The van der Waals surface area contributed by atoms with E-state index in [2.05, 4.69) is 10.1 Å². The lowest BCUT2D eigenvalue weighted by Crippen LogP contribution is -1.97. The number of aryl methyl sites for hydroxylation is 1. The Morgan fingerprint density at radius 2 is 2.17 bits per heavy atom. The zero-order valence-electron chi connectivity index (χ0n) is 12.8. The third kappa shape index (κ3) is 2.93. The van der Waals surface area contributed by atoms with Crippen LogP contribution in [0.2, 0.25) is 0 Å². The summed E-state index contributed by atoms with van der Waals surface area (Å²) in [6, 6.07) is 8.54. The van der Waals surface area contributed by atoms with E-state index in [1.807, 2.05) is 30.8 Å². The van der Waals surface area contributed by atoms with Crippen molar-refractivity contribution in [3.63, 3.8) is 0 Å². The lowest BCUT2D eigenvalue weighted by molar-refractivity contribution is 0.302. The minimum absolute atomic E-state index is 0.347.